The van der Waals surface area contributed by atoms with Crippen LogP contribution in [0.5, 0.6) is 0 Å². The highest BCUT2D eigenvalue weighted by molar-refractivity contribution is 7.89. The zero-order chi connectivity index (χ0) is 22.4. The molecule has 0 bridgehead atoms. The molecular weight excluding hydrogens is 418 g/mol. The lowest BCUT2D eigenvalue weighted by Gasteiger charge is -2.12. The molecule has 162 valence electrons. The number of carbonyl (C=O) groups is 2. The van der Waals surface area contributed by atoms with Gasteiger partial charge in [-0.15, -0.1) is 0 Å². The lowest BCUT2D eigenvalue weighted by molar-refractivity contribution is -0.115. The Morgan fingerprint density at radius 1 is 0.968 bits per heavy atom. The van der Waals surface area contributed by atoms with Crippen molar-refractivity contribution in [2.45, 2.75) is 25.3 Å². The van der Waals surface area contributed by atoms with Gasteiger partial charge in [0, 0.05) is 11.3 Å². The maximum atomic E-state index is 12.5. The Morgan fingerprint density at radius 3 is 2.35 bits per heavy atom. The van der Waals surface area contributed by atoms with Gasteiger partial charge in [0.25, 0.3) is 5.91 Å². The number of rotatable bonds is 8. The zero-order valence-corrected chi connectivity index (χ0v) is 18.0. The van der Waals surface area contributed by atoms with Crippen LogP contribution in [0.1, 0.15) is 27.2 Å². The van der Waals surface area contributed by atoms with Gasteiger partial charge in [0.05, 0.1) is 24.2 Å². The van der Waals surface area contributed by atoms with Gasteiger partial charge >= 0.3 is 0 Å². The van der Waals surface area contributed by atoms with Crippen molar-refractivity contribution in [3.8, 4) is 0 Å². The van der Waals surface area contributed by atoms with Gasteiger partial charge in [0.1, 0.15) is 5.76 Å². The number of aryl methyl sites for hydroxylation is 2. The number of para-hydroxylation sites is 1. The molecule has 0 spiro atoms. The van der Waals surface area contributed by atoms with E-state index in [-0.39, 0.29) is 29.5 Å². The summed E-state index contributed by atoms with van der Waals surface area (Å²) in [7, 11) is -3.84. The number of carbonyl (C=O) groups excluding carboxylic acids is 2. The number of benzene rings is 2. The molecule has 1 aromatic heterocycles. The van der Waals surface area contributed by atoms with Gasteiger partial charge in [-0.05, 0) is 55.3 Å². The first-order chi connectivity index (χ1) is 14.8. The average Bonchev–Trinajstić information content (AvgIpc) is 3.27. The number of hydrogen-bond acceptors (Lipinski definition) is 5. The highest BCUT2D eigenvalue weighted by Crippen LogP contribution is 2.19. The van der Waals surface area contributed by atoms with E-state index in [0.717, 1.165) is 11.1 Å². The maximum absolute atomic E-state index is 12.5. The molecule has 3 rings (SSSR count). The van der Waals surface area contributed by atoms with Crippen LogP contribution >= 0.6 is 0 Å². The summed E-state index contributed by atoms with van der Waals surface area (Å²) in [5.74, 6) is -0.471. The topological polar surface area (TPSA) is 118 Å². The van der Waals surface area contributed by atoms with Crippen LogP contribution in [-0.2, 0) is 21.4 Å². The number of furan rings is 1. The maximum Gasteiger partial charge on any atom is 0.251 e. The van der Waals surface area contributed by atoms with Crippen LogP contribution < -0.4 is 15.4 Å². The first-order valence-corrected chi connectivity index (χ1v) is 11.0. The third-order valence-electron chi connectivity index (χ3n) is 4.58. The van der Waals surface area contributed by atoms with Gasteiger partial charge in [0.15, 0.2) is 0 Å². The molecule has 8 nitrogen and oxygen atoms in total. The molecule has 3 N–H and O–H groups in total. The fourth-order valence-corrected chi connectivity index (χ4v) is 3.96. The monoisotopic (exact) mass is 441 g/mol. The molecular formula is C22H23N3O5S. The van der Waals surface area contributed by atoms with E-state index in [1.807, 2.05) is 32.0 Å². The minimum absolute atomic E-state index is 0.00967. The molecule has 1 heterocycles. The number of amides is 2. The Labute approximate surface area is 180 Å². The van der Waals surface area contributed by atoms with Gasteiger partial charge in [-0.25, -0.2) is 13.1 Å². The second kappa shape index (κ2) is 9.59. The van der Waals surface area contributed by atoms with Gasteiger partial charge in [-0.3, -0.25) is 9.59 Å². The van der Waals surface area contributed by atoms with E-state index in [4.69, 9.17) is 4.42 Å². The van der Waals surface area contributed by atoms with E-state index in [1.54, 1.807) is 12.1 Å². The standard InChI is InChI=1S/C22H23N3O5S/c1-15-6-3-7-16(2)21(15)25-20(26)14-23-22(27)17-8-4-10-19(12-17)31(28,29)24-13-18-9-5-11-30-18/h3-12,24H,13-14H2,1-2H3,(H,23,27)(H,25,26). The van der Waals surface area contributed by atoms with E-state index < -0.39 is 15.9 Å². The second-order valence-corrected chi connectivity index (χ2v) is 8.70. The van der Waals surface area contributed by atoms with Gasteiger partial charge in [0.2, 0.25) is 15.9 Å². The Hall–Kier alpha value is -3.43. The molecule has 0 aliphatic heterocycles. The summed E-state index contributed by atoms with van der Waals surface area (Å²) in [5, 5.41) is 5.29. The third kappa shape index (κ3) is 5.80. The molecule has 0 aliphatic rings. The summed E-state index contributed by atoms with van der Waals surface area (Å²) in [6, 6.07) is 14.5. The van der Waals surface area contributed by atoms with Crippen molar-refractivity contribution in [2.24, 2.45) is 0 Å². The summed E-state index contributed by atoms with van der Waals surface area (Å²) in [6.45, 7) is 3.50. The van der Waals surface area contributed by atoms with Crippen molar-refractivity contribution < 1.29 is 22.4 Å². The molecule has 0 radical (unpaired) electrons. The molecule has 9 heteroatoms. The molecule has 0 fully saturated rings. The van der Waals surface area contributed by atoms with Crippen LogP contribution in [0.4, 0.5) is 5.69 Å². The van der Waals surface area contributed by atoms with E-state index in [2.05, 4.69) is 15.4 Å². The van der Waals surface area contributed by atoms with Gasteiger partial charge in [-0.1, -0.05) is 24.3 Å². The predicted molar refractivity (Wildman–Crippen MR) is 116 cm³/mol. The Morgan fingerprint density at radius 2 is 1.68 bits per heavy atom. The molecule has 0 saturated heterocycles. The Bertz CT molecular complexity index is 1170. The predicted octanol–water partition coefficient (Wildman–Crippen LogP) is 2.74. The van der Waals surface area contributed by atoms with E-state index in [0.29, 0.717) is 11.4 Å². The van der Waals surface area contributed by atoms with Crippen molar-refractivity contribution in [2.75, 3.05) is 11.9 Å². The Balaban J connectivity index is 1.61. The van der Waals surface area contributed by atoms with Crippen LogP contribution in [0.3, 0.4) is 0 Å². The van der Waals surface area contributed by atoms with E-state index in [9.17, 15) is 18.0 Å². The van der Waals surface area contributed by atoms with Crippen LogP contribution in [0, 0.1) is 13.8 Å². The van der Waals surface area contributed by atoms with Crippen molar-refractivity contribution in [1.29, 1.82) is 0 Å². The minimum Gasteiger partial charge on any atom is -0.468 e. The molecule has 2 aromatic carbocycles. The van der Waals surface area contributed by atoms with Gasteiger partial charge < -0.3 is 15.1 Å². The summed E-state index contributed by atoms with van der Waals surface area (Å²) in [6.07, 6.45) is 1.45. The molecule has 31 heavy (non-hydrogen) atoms. The van der Waals surface area contributed by atoms with Crippen LogP contribution in [0.2, 0.25) is 0 Å². The number of sulfonamides is 1. The van der Waals surface area contributed by atoms with Gasteiger partial charge in [-0.2, -0.15) is 0 Å². The van der Waals surface area contributed by atoms with Crippen LogP contribution in [0.15, 0.2) is 70.2 Å². The SMILES string of the molecule is Cc1cccc(C)c1NC(=O)CNC(=O)c1cccc(S(=O)(=O)NCc2ccco2)c1. The largest absolute Gasteiger partial charge is 0.468 e. The number of nitrogens with one attached hydrogen (secondary N) is 3. The second-order valence-electron chi connectivity index (χ2n) is 6.93. The number of hydrogen-bond donors (Lipinski definition) is 3. The average molecular weight is 442 g/mol. The van der Waals surface area contributed by atoms with E-state index in [1.165, 1.54) is 30.5 Å². The normalized spacial score (nSPS) is 11.2. The molecule has 0 aliphatic carbocycles. The minimum atomic E-state index is -3.84. The van der Waals surface area contributed by atoms with Crippen molar-refractivity contribution in [3.63, 3.8) is 0 Å². The molecule has 0 saturated carbocycles. The highest BCUT2D eigenvalue weighted by atomic mass is 32.2. The first kappa shape index (κ1) is 22.3. The molecule has 3 aromatic rings. The lowest BCUT2D eigenvalue weighted by Crippen LogP contribution is -2.33. The lowest BCUT2D eigenvalue weighted by atomic mass is 10.1. The van der Waals surface area contributed by atoms with Crippen LogP contribution in [0.25, 0.3) is 0 Å². The van der Waals surface area contributed by atoms with Crippen molar-refractivity contribution in [3.05, 3.63) is 83.3 Å². The summed E-state index contributed by atoms with van der Waals surface area (Å²) in [4.78, 5) is 24.6. The molecule has 0 unspecified atom stereocenters. The highest BCUT2D eigenvalue weighted by Gasteiger charge is 2.17. The smallest absolute Gasteiger partial charge is 0.251 e. The molecule has 2 amide bonds. The summed E-state index contributed by atoms with van der Waals surface area (Å²) in [5.41, 5.74) is 2.66. The fourth-order valence-electron chi connectivity index (χ4n) is 2.92. The van der Waals surface area contributed by atoms with Crippen molar-refractivity contribution in [1.82, 2.24) is 10.0 Å². The summed E-state index contributed by atoms with van der Waals surface area (Å²) < 4.78 is 32.5. The zero-order valence-electron chi connectivity index (χ0n) is 17.1. The quantitative estimate of drug-likeness (QED) is 0.497. The van der Waals surface area contributed by atoms with Crippen LogP contribution in [-0.4, -0.2) is 26.8 Å². The Kier molecular flexibility index (Phi) is 6.88. The van der Waals surface area contributed by atoms with Crippen molar-refractivity contribution >= 4 is 27.5 Å². The first-order valence-electron chi connectivity index (χ1n) is 9.52. The third-order valence-corrected chi connectivity index (χ3v) is 5.98. The molecule has 0 atom stereocenters. The fraction of sp³-hybridized carbons (Fsp3) is 0.182. The number of anilines is 1. The van der Waals surface area contributed by atoms with E-state index >= 15 is 0 Å². The summed E-state index contributed by atoms with van der Waals surface area (Å²) >= 11 is 0.